The normalized spacial score (nSPS) is 13.9. The molecule has 8 bridgehead atoms. The number of phenols is 2. The Morgan fingerprint density at radius 3 is 1.13 bits per heavy atom. The van der Waals surface area contributed by atoms with Gasteiger partial charge in [0.05, 0.1) is 0 Å². The van der Waals surface area contributed by atoms with Crippen LogP contribution in [0.3, 0.4) is 0 Å². The first-order valence-electron chi connectivity index (χ1n) is 19.7. The van der Waals surface area contributed by atoms with Crippen LogP contribution in [0, 0.1) is 0 Å². The number of hydrogen-bond acceptors (Lipinski definition) is 3. The Morgan fingerprint density at radius 1 is 0.426 bits per heavy atom. The van der Waals surface area contributed by atoms with Gasteiger partial charge in [-0.05, 0) is 94.0 Å². The standard InChI is InChI=1S/C51H62O3/c1-48(2,3)41-21-33-18-34(22-41)20-36-26-43(50(7,8)9)28-38(46(36)53)24-40-30-44(51(10,11)12)29-39(47(40)54-31-32-16-14-13-15-17-32)23-37-27-42(49(4,5)6)25-35(19-33)45(37)52/h13-18,21-22,25-30,52-53H,19-20,23-24,31H2,1-12H3. The molecule has 0 heterocycles. The second kappa shape index (κ2) is 14.3. The molecule has 1 aliphatic carbocycles. The molecule has 0 saturated heterocycles. The molecule has 284 valence electrons. The van der Waals surface area contributed by atoms with Crippen molar-refractivity contribution >= 4 is 0 Å². The van der Waals surface area contributed by atoms with Crippen LogP contribution in [0.4, 0.5) is 0 Å². The van der Waals surface area contributed by atoms with Crippen molar-refractivity contribution in [2.24, 2.45) is 0 Å². The van der Waals surface area contributed by atoms with Gasteiger partial charge < -0.3 is 14.9 Å². The van der Waals surface area contributed by atoms with Crippen LogP contribution in [0.25, 0.3) is 0 Å². The topological polar surface area (TPSA) is 49.7 Å². The van der Waals surface area contributed by atoms with Crippen molar-refractivity contribution < 1.29 is 14.9 Å². The van der Waals surface area contributed by atoms with E-state index < -0.39 is 0 Å². The van der Waals surface area contributed by atoms with Crippen LogP contribution >= 0.6 is 0 Å². The third kappa shape index (κ3) is 8.72. The van der Waals surface area contributed by atoms with E-state index in [-0.39, 0.29) is 21.7 Å². The average molecular weight is 723 g/mol. The van der Waals surface area contributed by atoms with E-state index in [1.54, 1.807) is 0 Å². The number of rotatable bonds is 3. The molecular formula is C51H62O3. The van der Waals surface area contributed by atoms with Crippen molar-refractivity contribution in [3.05, 3.63) is 157 Å². The number of phenolic OH excluding ortho intramolecular Hbond substituents is 2. The SMILES string of the molecule is CC(C)(C)c1cc2cc(c1)Cc1cc(C(C)(C)C)cc(c1O)Cc1cc(C(C)(C)C)cc(c1OCc1ccccc1)Cc1cc(C(C)(C)C)cc(c1O)C2. The minimum Gasteiger partial charge on any atom is -0.507 e. The van der Waals surface area contributed by atoms with E-state index in [1.165, 1.54) is 22.3 Å². The van der Waals surface area contributed by atoms with E-state index in [2.05, 4.69) is 150 Å². The molecule has 6 rings (SSSR count). The van der Waals surface area contributed by atoms with Crippen LogP contribution in [0.1, 0.15) is 155 Å². The van der Waals surface area contributed by atoms with Crippen molar-refractivity contribution in [3.63, 3.8) is 0 Å². The summed E-state index contributed by atoms with van der Waals surface area (Å²) in [7, 11) is 0. The van der Waals surface area contributed by atoms with Gasteiger partial charge in [0.25, 0.3) is 0 Å². The molecule has 0 aromatic heterocycles. The molecule has 0 aliphatic heterocycles. The maximum absolute atomic E-state index is 12.2. The molecule has 0 radical (unpaired) electrons. The van der Waals surface area contributed by atoms with Gasteiger partial charge in [0.1, 0.15) is 23.9 Å². The van der Waals surface area contributed by atoms with Gasteiger partial charge in [-0.3, -0.25) is 0 Å². The number of fused-ring (bicyclic) bond motifs is 8. The second-order valence-corrected chi connectivity index (χ2v) is 19.9. The molecule has 3 heteroatoms. The van der Waals surface area contributed by atoms with Crippen LogP contribution < -0.4 is 4.74 Å². The largest absolute Gasteiger partial charge is 0.507 e. The lowest BCUT2D eigenvalue weighted by Crippen LogP contribution is -2.16. The van der Waals surface area contributed by atoms with E-state index >= 15 is 0 Å². The molecule has 1 aliphatic rings. The van der Waals surface area contributed by atoms with E-state index in [0.717, 1.165) is 55.8 Å². The lowest BCUT2D eigenvalue weighted by molar-refractivity contribution is 0.300. The lowest BCUT2D eigenvalue weighted by Gasteiger charge is -2.27. The van der Waals surface area contributed by atoms with Crippen LogP contribution in [0.15, 0.2) is 84.9 Å². The van der Waals surface area contributed by atoms with Gasteiger partial charge in [-0.1, -0.05) is 168 Å². The van der Waals surface area contributed by atoms with Gasteiger partial charge in [-0.25, -0.2) is 0 Å². The van der Waals surface area contributed by atoms with Gasteiger partial charge >= 0.3 is 0 Å². The Morgan fingerprint density at radius 2 is 0.759 bits per heavy atom. The Kier molecular flexibility index (Phi) is 10.4. The van der Waals surface area contributed by atoms with E-state index in [9.17, 15) is 10.2 Å². The first-order chi connectivity index (χ1) is 25.1. The summed E-state index contributed by atoms with van der Waals surface area (Å²) in [6.45, 7) is 27.4. The van der Waals surface area contributed by atoms with Crippen molar-refractivity contribution in [2.75, 3.05) is 0 Å². The fraction of sp³-hybridized carbons (Fsp3) is 0.412. The van der Waals surface area contributed by atoms with E-state index in [0.29, 0.717) is 43.8 Å². The molecule has 5 aromatic carbocycles. The molecule has 2 N–H and O–H groups in total. The third-order valence-electron chi connectivity index (χ3n) is 11.1. The van der Waals surface area contributed by atoms with Crippen LogP contribution in [-0.4, -0.2) is 10.2 Å². The first kappa shape index (κ1) is 39.2. The first-order valence-corrected chi connectivity index (χ1v) is 19.7. The zero-order chi connectivity index (χ0) is 39.4. The summed E-state index contributed by atoms with van der Waals surface area (Å²) in [6.07, 6.45) is 2.22. The highest BCUT2D eigenvalue weighted by Crippen LogP contribution is 2.42. The third-order valence-corrected chi connectivity index (χ3v) is 11.1. The average Bonchev–Trinajstić information content (AvgIpc) is 3.06. The highest BCUT2D eigenvalue weighted by atomic mass is 16.5. The molecule has 0 spiro atoms. The smallest absolute Gasteiger partial charge is 0.126 e. The Hall–Kier alpha value is -4.50. The van der Waals surface area contributed by atoms with E-state index in [4.69, 9.17) is 4.74 Å². The van der Waals surface area contributed by atoms with Crippen LogP contribution in [-0.2, 0) is 54.0 Å². The molecule has 0 atom stereocenters. The number of aromatic hydroxyl groups is 2. The summed E-state index contributed by atoms with van der Waals surface area (Å²) >= 11 is 0. The summed E-state index contributed by atoms with van der Waals surface area (Å²) in [5.41, 5.74) is 13.5. The molecule has 54 heavy (non-hydrogen) atoms. The molecule has 0 unspecified atom stereocenters. The Bertz CT molecular complexity index is 2040. The quantitative estimate of drug-likeness (QED) is 0.191. The van der Waals surface area contributed by atoms with Gasteiger partial charge in [0.15, 0.2) is 0 Å². The lowest BCUT2D eigenvalue weighted by atomic mass is 9.79. The van der Waals surface area contributed by atoms with Gasteiger partial charge in [-0.2, -0.15) is 0 Å². The van der Waals surface area contributed by atoms with Crippen LogP contribution in [0.2, 0.25) is 0 Å². The Balaban J connectivity index is 1.68. The summed E-state index contributed by atoms with van der Waals surface area (Å²) in [5.74, 6) is 1.53. The Labute approximate surface area is 325 Å². The molecule has 0 fully saturated rings. The maximum atomic E-state index is 12.2. The fourth-order valence-electron chi connectivity index (χ4n) is 7.54. The summed E-state index contributed by atoms with van der Waals surface area (Å²) in [6, 6.07) is 30.6. The summed E-state index contributed by atoms with van der Waals surface area (Å²) < 4.78 is 6.90. The molecule has 5 aromatic rings. The fourth-order valence-corrected chi connectivity index (χ4v) is 7.54. The number of ether oxygens (including phenoxy) is 1. The van der Waals surface area contributed by atoms with Crippen molar-refractivity contribution in [2.45, 2.75) is 137 Å². The molecular weight excluding hydrogens is 661 g/mol. The zero-order valence-electron chi connectivity index (χ0n) is 34.9. The van der Waals surface area contributed by atoms with Crippen molar-refractivity contribution in [1.82, 2.24) is 0 Å². The highest BCUT2D eigenvalue weighted by Gasteiger charge is 2.27. The summed E-state index contributed by atoms with van der Waals surface area (Å²) in [5, 5.41) is 24.5. The summed E-state index contributed by atoms with van der Waals surface area (Å²) in [4.78, 5) is 0. The van der Waals surface area contributed by atoms with Crippen LogP contribution in [0.5, 0.6) is 17.2 Å². The predicted octanol–water partition coefficient (Wildman–Crippen LogP) is 12.5. The zero-order valence-corrected chi connectivity index (χ0v) is 34.9. The minimum atomic E-state index is -0.142. The number of hydrogen-bond donors (Lipinski definition) is 2. The predicted molar refractivity (Wildman–Crippen MR) is 226 cm³/mol. The molecule has 0 saturated carbocycles. The van der Waals surface area contributed by atoms with E-state index in [1.807, 2.05) is 18.2 Å². The van der Waals surface area contributed by atoms with Gasteiger partial charge in [0.2, 0.25) is 0 Å². The molecule has 3 nitrogen and oxygen atoms in total. The maximum Gasteiger partial charge on any atom is 0.126 e. The van der Waals surface area contributed by atoms with Gasteiger partial charge in [-0.15, -0.1) is 0 Å². The number of benzene rings is 5. The van der Waals surface area contributed by atoms with Gasteiger partial charge in [0, 0.05) is 25.7 Å². The minimum absolute atomic E-state index is 0.0733. The monoisotopic (exact) mass is 722 g/mol. The van der Waals surface area contributed by atoms with Crippen molar-refractivity contribution in [1.29, 1.82) is 0 Å². The molecule has 0 amide bonds. The highest BCUT2D eigenvalue weighted by molar-refractivity contribution is 5.57. The second-order valence-electron chi connectivity index (χ2n) is 19.9. The van der Waals surface area contributed by atoms with Crippen molar-refractivity contribution in [3.8, 4) is 17.2 Å².